The summed E-state index contributed by atoms with van der Waals surface area (Å²) in [6, 6.07) is 8.59. The first kappa shape index (κ1) is 14.5. The molecule has 1 unspecified atom stereocenters. The number of benzene rings is 1. The Labute approximate surface area is 116 Å². The second-order valence-electron chi connectivity index (χ2n) is 5.98. The van der Waals surface area contributed by atoms with Gasteiger partial charge in [0.15, 0.2) is 9.84 Å². The fourth-order valence-corrected chi connectivity index (χ4v) is 3.04. The predicted molar refractivity (Wildman–Crippen MR) is 79.0 cm³/mol. The van der Waals surface area contributed by atoms with E-state index in [0.29, 0.717) is 6.04 Å². The van der Waals surface area contributed by atoms with E-state index in [4.69, 9.17) is 0 Å². The Bertz CT molecular complexity index is 526. The van der Waals surface area contributed by atoms with E-state index in [-0.39, 0.29) is 0 Å². The molecule has 19 heavy (non-hydrogen) atoms. The minimum atomic E-state index is -3.10. The molecule has 1 aromatic rings. The van der Waals surface area contributed by atoms with Gasteiger partial charge in [0.2, 0.25) is 0 Å². The van der Waals surface area contributed by atoms with Crippen LogP contribution in [-0.4, -0.2) is 27.3 Å². The first-order chi connectivity index (χ1) is 8.80. The van der Waals surface area contributed by atoms with Crippen molar-refractivity contribution >= 4 is 9.84 Å². The van der Waals surface area contributed by atoms with Gasteiger partial charge in [-0.2, -0.15) is 0 Å². The molecule has 1 saturated heterocycles. The molecule has 1 aliphatic rings. The Hall–Kier alpha value is -0.870. The van der Waals surface area contributed by atoms with Gasteiger partial charge in [-0.1, -0.05) is 24.3 Å². The summed E-state index contributed by atoms with van der Waals surface area (Å²) < 4.78 is 22.8. The van der Waals surface area contributed by atoms with Gasteiger partial charge in [-0.25, -0.2) is 8.42 Å². The second kappa shape index (κ2) is 5.25. The van der Waals surface area contributed by atoms with E-state index in [2.05, 4.69) is 17.4 Å². The second-order valence-corrected chi connectivity index (χ2v) is 8.54. The molecule has 0 saturated carbocycles. The van der Waals surface area contributed by atoms with E-state index in [9.17, 15) is 8.42 Å². The first-order valence-electron chi connectivity index (χ1n) is 6.83. The van der Waals surface area contributed by atoms with Crippen LogP contribution in [0.1, 0.15) is 37.8 Å². The summed E-state index contributed by atoms with van der Waals surface area (Å²) in [5.41, 5.74) is 2.13. The predicted octanol–water partition coefficient (Wildman–Crippen LogP) is 2.26. The maximum Gasteiger partial charge on any atom is 0.156 e. The molecule has 0 aromatic heterocycles. The molecule has 0 spiro atoms. The highest BCUT2D eigenvalue weighted by atomic mass is 32.2. The minimum absolute atomic E-state index is 0.578. The molecule has 2 rings (SSSR count). The molecule has 4 heteroatoms. The van der Waals surface area contributed by atoms with Crippen LogP contribution in [0.3, 0.4) is 0 Å². The molecule has 0 bridgehead atoms. The van der Waals surface area contributed by atoms with Crippen LogP contribution in [0.15, 0.2) is 24.3 Å². The molecule has 1 aliphatic heterocycles. The molecule has 1 N–H and O–H groups in total. The Morgan fingerprint density at radius 3 is 2.37 bits per heavy atom. The van der Waals surface area contributed by atoms with Crippen molar-refractivity contribution in [3.8, 4) is 0 Å². The third-order valence-corrected chi connectivity index (χ3v) is 6.31. The maximum absolute atomic E-state index is 11.8. The van der Waals surface area contributed by atoms with Crippen LogP contribution in [0.4, 0.5) is 0 Å². The van der Waals surface area contributed by atoms with Gasteiger partial charge < -0.3 is 5.32 Å². The zero-order valence-electron chi connectivity index (χ0n) is 11.9. The van der Waals surface area contributed by atoms with Crippen molar-refractivity contribution in [3.63, 3.8) is 0 Å². The maximum atomic E-state index is 11.8. The van der Waals surface area contributed by atoms with Gasteiger partial charge in [-0.3, -0.25) is 0 Å². The van der Waals surface area contributed by atoms with E-state index in [1.807, 2.05) is 12.1 Å². The summed E-state index contributed by atoms with van der Waals surface area (Å²) in [5, 5.41) is 3.48. The van der Waals surface area contributed by atoms with Crippen molar-refractivity contribution in [2.45, 2.75) is 43.9 Å². The highest BCUT2D eigenvalue weighted by Gasteiger charge is 2.32. The normalized spacial score (nSPS) is 20.7. The standard InChI is InChI=1S/C15H23NO2S/c1-15(2,19(3,17)18)13-8-6-12(7-9-13)11-14-5-4-10-16-14/h6-9,14,16H,4-5,10-11H2,1-3H3. The van der Waals surface area contributed by atoms with Crippen molar-refractivity contribution in [2.75, 3.05) is 12.8 Å². The lowest BCUT2D eigenvalue weighted by atomic mass is 9.98. The van der Waals surface area contributed by atoms with Crippen LogP contribution in [-0.2, 0) is 21.0 Å². The lowest BCUT2D eigenvalue weighted by Gasteiger charge is -2.23. The van der Waals surface area contributed by atoms with Crippen molar-refractivity contribution < 1.29 is 8.42 Å². The van der Waals surface area contributed by atoms with Gasteiger partial charge >= 0.3 is 0 Å². The zero-order valence-corrected chi connectivity index (χ0v) is 12.8. The Morgan fingerprint density at radius 2 is 1.89 bits per heavy atom. The van der Waals surface area contributed by atoms with Gasteiger partial charge in [0.1, 0.15) is 0 Å². The Kier molecular flexibility index (Phi) is 4.02. The van der Waals surface area contributed by atoms with Crippen LogP contribution < -0.4 is 5.32 Å². The molecule has 1 fully saturated rings. The van der Waals surface area contributed by atoms with Gasteiger partial charge in [0.25, 0.3) is 0 Å². The van der Waals surface area contributed by atoms with Crippen LogP contribution >= 0.6 is 0 Å². The van der Waals surface area contributed by atoms with Crippen LogP contribution in [0.5, 0.6) is 0 Å². The average molecular weight is 281 g/mol. The fraction of sp³-hybridized carbons (Fsp3) is 0.600. The van der Waals surface area contributed by atoms with Gasteiger partial charge in [0, 0.05) is 12.3 Å². The van der Waals surface area contributed by atoms with Crippen LogP contribution in [0.25, 0.3) is 0 Å². The molecule has 0 radical (unpaired) electrons. The lowest BCUT2D eigenvalue weighted by molar-refractivity contribution is 0.561. The largest absolute Gasteiger partial charge is 0.314 e. The third kappa shape index (κ3) is 3.18. The quantitative estimate of drug-likeness (QED) is 0.921. The van der Waals surface area contributed by atoms with E-state index < -0.39 is 14.6 Å². The molecule has 0 aliphatic carbocycles. The van der Waals surface area contributed by atoms with E-state index >= 15 is 0 Å². The van der Waals surface area contributed by atoms with Crippen molar-refractivity contribution in [1.29, 1.82) is 0 Å². The summed E-state index contributed by atoms with van der Waals surface area (Å²) in [7, 11) is -3.10. The summed E-state index contributed by atoms with van der Waals surface area (Å²) in [5.74, 6) is 0. The molecular formula is C15H23NO2S. The van der Waals surface area contributed by atoms with Gasteiger partial charge in [-0.05, 0) is 50.8 Å². The summed E-state index contributed by atoms with van der Waals surface area (Å²) in [6.45, 7) is 4.63. The van der Waals surface area contributed by atoms with Crippen LogP contribution in [0.2, 0.25) is 0 Å². The summed E-state index contributed by atoms with van der Waals surface area (Å²) in [6.07, 6.45) is 4.81. The molecule has 1 heterocycles. The highest BCUT2D eigenvalue weighted by molar-refractivity contribution is 7.91. The first-order valence-corrected chi connectivity index (χ1v) is 8.72. The minimum Gasteiger partial charge on any atom is -0.314 e. The van der Waals surface area contributed by atoms with E-state index in [1.54, 1.807) is 13.8 Å². The summed E-state index contributed by atoms with van der Waals surface area (Å²) in [4.78, 5) is 0. The number of sulfone groups is 1. The molecule has 0 amide bonds. The van der Waals surface area contributed by atoms with Crippen molar-refractivity contribution in [2.24, 2.45) is 0 Å². The van der Waals surface area contributed by atoms with Crippen LogP contribution in [0, 0.1) is 0 Å². The van der Waals surface area contributed by atoms with Gasteiger partial charge in [-0.15, -0.1) is 0 Å². The Morgan fingerprint density at radius 1 is 1.26 bits per heavy atom. The zero-order chi connectivity index (χ0) is 14.1. The van der Waals surface area contributed by atoms with Gasteiger partial charge in [0.05, 0.1) is 4.75 Å². The summed E-state index contributed by atoms with van der Waals surface area (Å²) >= 11 is 0. The topological polar surface area (TPSA) is 46.2 Å². The number of rotatable bonds is 4. The molecule has 106 valence electrons. The smallest absolute Gasteiger partial charge is 0.156 e. The molecule has 1 atom stereocenters. The molecule has 3 nitrogen and oxygen atoms in total. The number of hydrogen-bond donors (Lipinski definition) is 1. The highest BCUT2D eigenvalue weighted by Crippen LogP contribution is 2.29. The van der Waals surface area contributed by atoms with Crippen molar-refractivity contribution in [3.05, 3.63) is 35.4 Å². The number of hydrogen-bond acceptors (Lipinski definition) is 3. The Balaban J connectivity index is 2.14. The average Bonchev–Trinajstić information content (AvgIpc) is 2.81. The lowest BCUT2D eigenvalue weighted by Crippen LogP contribution is -2.28. The van der Waals surface area contributed by atoms with E-state index in [0.717, 1.165) is 18.5 Å². The number of nitrogens with one attached hydrogen (secondary N) is 1. The van der Waals surface area contributed by atoms with Crippen molar-refractivity contribution in [1.82, 2.24) is 5.32 Å². The fourth-order valence-electron chi connectivity index (χ4n) is 2.47. The SMILES string of the molecule is CC(C)(c1ccc(CC2CCCN2)cc1)S(C)(=O)=O. The molecular weight excluding hydrogens is 258 g/mol. The monoisotopic (exact) mass is 281 g/mol. The molecule has 1 aromatic carbocycles. The van der Waals surface area contributed by atoms with E-state index in [1.165, 1.54) is 24.7 Å². The third-order valence-electron chi connectivity index (χ3n) is 4.22.